The summed E-state index contributed by atoms with van der Waals surface area (Å²) in [6.07, 6.45) is 10.2. The normalized spacial score (nSPS) is 55.0. The average molecular weight is 345 g/mol. The van der Waals surface area contributed by atoms with Crippen molar-refractivity contribution >= 4 is 5.78 Å². The highest BCUT2D eigenvalue weighted by Crippen LogP contribution is 2.71. The van der Waals surface area contributed by atoms with Gasteiger partial charge in [0, 0.05) is 5.41 Å². The Hall–Kier alpha value is -0.630. The Bertz CT molecular complexity index is 622. The minimum absolute atomic E-state index is 0.128. The van der Waals surface area contributed by atoms with Gasteiger partial charge >= 0.3 is 0 Å². The van der Waals surface area contributed by atoms with E-state index < -0.39 is 0 Å². The number of rotatable bonds is 1. The molecule has 4 aliphatic carbocycles. The maximum Gasteiger partial charge on any atom is 0.136 e. The molecule has 4 aliphatic rings. The van der Waals surface area contributed by atoms with Crippen LogP contribution >= 0.6 is 0 Å². The van der Waals surface area contributed by atoms with Crippen molar-refractivity contribution in [3.63, 3.8) is 0 Å². The minimum atomic E-state index is -0.156. The molecule has 140 valence electrons. The molecule has 3 fully saturated rings. The van der Waals surface area contributed by atoms with Crippen molar-refractivity contribution in [2.45, 2.75) is 85.7 Å². The number of hydrogen-bond donors (Lipinski definition) is 1. The molecule has 0 aromatic carbocycles. The highest BCUT2D eigenvalue weighted by molar-refractivity contribution is 5.83. The molecule has 2 nitrogen and oxygen atoms in total. The lowest BCUT2D eigenvalue weighted by atomic mass is 9.45. The molecule has 3 saturated carbocycles. The lowest BCUT2D eigenvalue weighted by Gasteiger charge is -2.59. The Labute approximate surface area is 153 Å². The van der Waals surface area contributed by atoms with Gasteiger partial charge in [-0.25, -0.2) is 0 Å². The maximum absolute atomic E-state index is 12.7. The van der Waals surface area contributed by atoms with Crippen molar-refractivity contribution in [3.05, 3.63) is 11.6 Å². The summed E-state index contributed by atoms with van der Waals surface area (Å²) in [7, 11) is 0. The van der Waals surface area contributed by atoms with Gasteiger partial charge < -0.3 is 5.11 Å². The second-order valence-electron chi connectivity index (χ2n) is 10.5. The molecule has 0 unspecified atom stereocenters. The minimum Gasteiger partial charge on any atom is -0.393 e. The van der Waals surface area contributed by atoms with Crippen LogP contribution in [-0.2, 0) is 4.79 Å². The van der Waals surface area contributed by atoms with E-state index in [0.717, 1.165) is 31.1 Å². The number of aliphatic hydroxyl groups excluding tert-OH is 1. The van der Waals surface area contributed by atoms with E-state index in [9.17, 15) is 9.90 Å². The molecule has 0 heterocycles. The van der Waals surface area contributed by atoms with Gasteiger partial charge in [-0.15, -0.1) is 0 Å². The SMILES string of the molecule is CC(=O)[C@@]1(C)[C@H](C)C[C@H]2[C@@H]3CC=C4C[C@H](O)CC[C@]4(C)[C@@H]3CC[C@@]21C. The molecule has 0 aliphatic heterocycles. The van der Waals surface area contributed by atoms with Crippen LogP contribution in [0, 0.1) is 39.9 Å². The Balaban J connectivity index is 1.72. The summed E-state index contributed by atoms with van der Waals surface area (Å²) in [5.41, 5.74) is 1.84. The van der Waals surface area contributed by atoms with Crippen LogP contribution in [0.5, 0.6) is 0 Å². The third-order valence-electron chi connectivity index (χ3n) is 9.98. The van der Waals surface area contributed by atoms with E-state index in [0.29, 0.717) is 23.0 Å². The molecule has 0 radical (unpaired) electrons. The van der Waals surface area contributed by atoms with E-state index in [1.807, 2.05) is 6.92 Å². The summed E-state index contributed by atoms with van der Waals surface area (Å²) >= 11 is 0. The van der Waals surface area contributed by atoms with Crippen molar-refractivity contribution < 1.29 is 9.90 Å². The first kappa shape index (κ1) is 17.8. The molecule has 2 heteroatoms. The standard InChI is InChI=1S/C23H36O2/c1-14-12-20-18-7-6-16-13-17(25)8-10-21(16,3)19(18)9-11-22(20,4)23(14,5)15(2)24/h6,14,17-20,25H,7-13H2,1-5H3/t14-,17-,18-,19-,20+,21+,22+,23-/m1/s1. The van der Waals surface area contributed by atoms with Gasteiger partial charge in [0.2, 0.25) is 0 Å². The van der Waals surface area contributed by atoms with Gasteiger partial charge in [0.15, 0.2) is 0 Å². The molecule has 25 heavy (non-hydrogen) atoms. The van der Waals surface area contributed by atoms with Gasteiger partial charge in [-0.3, -0.25) is 4.79 Å². The smallest absolute Gasteiger partial charge is 0.136 e. The zero-order valence-electron chi connectivity index (χ0n) is 16.8. The Morgan fingerprint density at radius 3 is 2.56 bits per heavy atom. The maximum atomic E-state index is 12.7. The summed E-state index contributed by atoms with van der Waals surface area (Å²) in [5, 5.41) is 10.1. The van der Waals surface area contributed by atoms with Crippen LogP contribution in [0.1, 0.15) is 79.6 Å². The van der Waals surface area contributed by atoms with Gasteiger partial charge in [-0.1, -0.05) is 39.3 Å². The summed E-state index contributed by atoms with van der Waals surface area (Å²) in [6.45, 7) is 11.3. The molecule has 0 amide bonds. The summed E-state index contributed by atoms with van der Waals surface area (Å²) in [5.74, 6) is 3.05. The molecule has 8 atom stereocenters. The molecular formula is C23H36O2. The van der Waals surface area contributed by atoms with Crippen LogP contribution < -0.4 is 0 Å². The Kier molecular flexibility index (Phi) is 3.87. The van der Waals surface area contributed by atoms with Crippen molar-refractivity contribution in [2.75, 3.05) is 0 Å². The lowest BCUT2D eigenvalue weighted by molar-refractivity contribution is -0.140. The number of aliphatic hydroxyl groups is 1. The molecule has 0 bridgehead atoms. The predicted molar refractivity (Wildman–Crippen MR) is 101 cm³/mol. The van der Waals surface area contributed by atoms with Crippen LogP contribution in [-0.4, -0.2) is 17.0 Å². The van der Waals surface area contributed by atoms with Crippen LogP contribution in [0.2, 0.25) is 0 Å². The molecule has 0 saturated heterocycles. The average Bonchev–Trinajstić information content (AvgIpc) is 2.77. The quantitative estimate of drug-likeness (QED) is 0.668. The third-order valence-corrected chi connectivity index (χ3v) is 9.98. The number of carbonyl (C=O) groups excluding carboxylic acids is 1. The van der Waals surface area contributed by atoms with Crippen molar-refractivity contribution in [2.24, 2.45) is 39.9 Å². The first-order valence-corrected chi connectivity index (χ1v) is 10.5. The largest absolute Gasteiger partial charge is 0.393 e. The molecule has 4 rings (SSSR count). The second-order valence-corrected chi connectivity index (χ2v) is 10.5. The fourth-order valence-corrected chi connectivity index (χ4v) is 7.97. The second kappa shape index (κ2) is 5.44. The van der Waals surface area contributed by atoms with Gasteiger partial charge in [0.05, 0.1) is 6.10 Å². The van der Waals surface area contributed by atoms with Gasteiger partial charge in [0.25, 0.3) is 0 Å². The summed E-state index contributed by atoms with van der Waals surface area (Å²) in [6, 6.07) is 0. The number of Topliss-reactive ketones (excluding diaryl/α,β-unsaturated/α-hetero) is 1. The van der Waals surface area contributed by atoms with Gasteiger partial charge in [-0.05, 0) is 86.4 Å². The number of ketones is 1. The van der Waals surface area contributed by atoms with E-state index in [1.165, 1.54) is 31.3 Å². The highest BCUT2D eigenvalue weighted by atomic mass is 16.3. The molecular weight excluding hydrogens is 308 g/mol. The predicted octanol–water partition coefficient (Wildman–Crippen LogP) is 5.15. The first-order chi connectivity index (χ1) is 11.6. The monoisotopic (exact) mass is 344 g/mol. The zero-order valence-corrected chi connectivity index (χ0v) is 16.8. The fraction of sp³-hybridized carbons (Fsp3) is 0.870. The fourth-order valence-electron chi connectivity index (χ4n) is 7.97. The molecule has 0 aromatic heterocycles. The van der Waals surface area contributed by atoms with Crippen LogP contribution in [0.15, 0.2) is 11.6 Å². The van der Waals surface area contributed by atoms with Crippen LogP contribution in [0.4, 0.5) is 0 Å². The summed E-state index contributed by atoms with van der Waals surface area (Å²) in [4.78, 5) is 12.7. The number of fused-ring (bicyclic) bond motifs is 5. The van der Waals surface area contributed by atoms with Crippen LogP contribution in [0.25, 0.3) is 0 Å². The number of hydrogen-bond acceptors (Lipinski definition) is 2. The highest BCUT2D eigenvalue weighted by Gasteiger charge is 2.66. The van der Waals surface area contributed by atoms with Gasteiger partial charge in [0.1, 0.15) is 5.78 Å². The lowest BCUT2D eigenvalue weighted by Crippen LogP contribution is -2.53. The van der Waals surface area contributed by atoms with E-state index in [4.69, 9.17) is 0 Å². The first-order valence-electron chi connectivity index (χ1n) is 10.5. The Morgan fingerprint density at radius 2 is 1.88 bits per heavy atom. The number of allylic oxidation sites excluding steroid dienone is 1. The van der Waals surface area contributed by atoms with E-state index in [1.54, 1.807) is 0 Å². The topological polar surface area (TPSA) is 37.3 Å². The van der Waals surface area contributed by atoms with E-state index >= 15 is 0 Å². The van der Waals surface area contributed by atoms with Gasteiger partial charge in [-0.2, -0.15) is 0 Å². The van der Waals surface area contributed by atoms with E-state index in [-0.39, 0.29) is 16.9 Å². The van der Waals surface area contributed by atoms with Crippen LogP contribution in [0.3, 0.4) is 0 Å². The zero-order chi connectivity index (χ0) is 18.2. The van der Waals surface area contributed by atoms with Crippen molar-refractivity contribution in [1.29, 1.82) is 0 Å². The van der Waals surface area contributed by atoms with Crippen molar-refractivity contribution in [1.82, 2.24) is 0 Å². The van der Waals surface area contributed by atoms with Crippen molar-refractivity contribution in [3.8, 4) is 0 Å². The third kappa shape index (κ3) is 2.10. The molecule has 0 aromatic rings. The molecule has 0 spiro atoms. The Morgan fingerprint density at radius 1 is 1.16 bits per heavy atom. The van der Waals surface area contributed by atoms with E-state index in [2.05, 4.69) is 33.8 Å². The number of carbonyl (C=O) groups is 1. The molecule has 1 N–H and O–H groups in total. The summed E-state index contributed by atoms with van der Waals surface area (Å²) < 4.78 is 0.